The maximum atomic E-state index is 13.0. The highest BCUT2D eigenvalue weighted by molar-refractivity contribution is 7.99. The molecule has 0 bridgehead atoms. The van der Waals surface area contributed by atoms with Crippen LogP contribution >= 0.6 is 11.8 Å². The molecule has 0 aliphatic heterocycles. The van der Waals surface area contributed by atoms with Crippen molar-refractivity contribution in [3.63, 3.8) is 0 Å². The molecule has 144 valence electrons. The molecule has 1 atom stereocenters. The summed E-state index contributed by atoms with van der Waals surface area (Å²) in [5, 5.41) is 9.11. The zero-order valence-electron chi connectivity index (χ0n) is 16.0. The highest BCUT2D eigenvalue weighted by Gasteiger charge is 2.19. The molecule has 0 aliphatic rings. The fourth-order valence-electron chi connectivity index (χ4n) is 2.66. The number of hydrogen-bond donors (Lipinski definition) is 0. The van der Waals surface area contributed by atoms with Gasteiger partial charge in [0.25, 0.3) is 5.56 Å². The number of fused-ring (bicyclic) bond motifs is 1. The number of rotatable bonds is 8. The third-order valence-electron chi connectivity index (χ3n) is 3.98. The molecule has 0 amide bonds. The lowest BCUT2D eigenvalue weighted by Gasteiger charge is -2.15. The van der Waals surface area contributed by atoms with Crippen molar-refractivity contribution < 1.29 is 9.15 Å². The molecule has 0 spiro atoms. The van der Waals surface area contributed by atoms with Crippen molar-refractivity contribution in [2.75, 3.05) is 6.61 Å². The first-order valence-electron chi connectivity index (χ1n) is 9.03. The van der Waals surface area contributed by atoms with Crippen LogP contribution in [0.1, 0.15) is 44.2 Å². The van der Waals surface area contributed by atoms with Crippen LogP contribution in [0.2, 0.25) is 0 Å². The van der Waals surface area contributed by atoms with Crippen LogP contribution in [0.25, 0.3) is 10.9 Å². The molecule has 0 aliphatic carbocycles. The summed E-state index contributed by atoms with van der Waals surface area (Å²) in [5.41, 5.74) is 0.648. The van der Waals surface area contributed by atoms with Crippen molar-refractivity contribution in [3.8, 4) is 0 Å². The second-order valence-corrected chi connectivity index (χ2v) is 7.87. The molecule has 27 heavy (non-hydrogen) atoms. The lowest BCUT2D eigenvalue weighted by atomic mass is 10.2. The van der Waals surface area contributed by atoms with E-state index >= 15 is 0 Å². The van der Waals surface area contributed by atoms with Gasteiger partial charge in [-0.05, 0) is 39.3 Å². The summed E-state index contributed by atoms with van der Waals surface area (Å²) in [6, 6.07) is 7.41. The molecule has 0 fully saturated rings. The molecule has 7 nitrogen and oxygen atoms in total. The largest absolute Gasteiger partial charge is 0.424 e. The smallest absolute Gasteiger partial charge is 0.262 e. The molecule has 0 N–H and O–H groups in total. The van der Waals surface area contributed by atoms with E-state index in [2.05, 4.69) is 10.2 Å². The lowest BCUT2D eigenvalue weighted by Crippen LogP contribution is -2.24. The van der Waals surface area contributed by atoms with Crippen molar-refractivity contribution in [1.29, 1.82) is 0 Å². The standard InChI is InChI=1S/C19H24N4O3S/c1-12(2)25-11-7-10-23-18(24)15-8-5-6-9-16(15)20-19(23)27-13(3)17-22-21-14(4)26-17/h5-6,8-9,12-13H,7,10-11H2,1-4H3. The molecule has 2 heterocycles. The zero-order chi connectivity index (χ0) is 19.4. The first-order valence-corrected chi connectivity index (χ1v) is 9.91. The van der Waals surface area contributed by atoms with Crippen LogP contribution in [-0.4, -0.2) is 32.5 Å². The highest BCUT2D eigenvalue weighted by atomic mass is 32.2. The minimum Gasteiger partial charge on any atom is -0.424 e. The van der Waals surface area contributed by atoms with Crippen LogP contribution in [0.15, 0.2) is 38.6 Å². The summed E-state index contributed by atoms with van der Waals surface area (Å²) >= 11 is 1.44. The van der Waals surface area contributed by atoms with Crippen LogP contribution in [0, 0.1) is 6.92 Å². The molecule has 2 aromatic heterocycles. The number of aryl methyl sites for hydroxylation is 1. The molecule has 3 aromatic rings. The third kappa shape index (κ3) is 4.75. The predicted molar refractivity (Wildman–Crippen MR) is 105 cm³/mol. The molecule has 1 unspecified atom stereocenters. The van der Waals surface area contributed by atoms with E-state index < -0.39 is 0 Å². The van der Waals surface area contributed by atoms with Gasteiger partial charge in [0.1, 0.15) is 0 Å². The SMILES string of the molecule is Cc1nnc(C(C)Sc2nc3ccccc3c(=O)n2CCCOC(C)C)o1. The van der Waals surface area contributed by atoms with E-state index in [-0.39, 0.29) is 16.9 Å². The van der Waals surface area contributed by atoms with Crippen LogP contribution < -0.4 is 5.56 Å². The van der Waals surface area contributed by atoms with Crippen molar-refractivity contribution in [2.45, 2.75) is 57.2 Å². The van der Waals surface area contributed by atoms with Crippen molar-refractivity contribution in [1.82, 2.24) is 19.7 Å². The van der Waals surface area contributed by atoms with Crippen molar-refractivity contribution >= 4 is 22.7 Å². The third-order valence-corrected chi connectivity index (χ3v) is 5.05. The van der Waals surface area contributed by atoms with Crippen LogP contribution in [0.4, 0.5) is 0 Å². The van der Waals surface area contributed by atoms with Crippen molar-refractivity contribution in [2.24, 2.45) is 0 Å². The van der Waals surface area contributed by atoms with Crippen LogP contribution in [0.3, 0.4) is 0 Å². The Morgan fingerprint density at radius 3 is 2.70 bits per heavy atom. The first kappa shape index (κ1) is 19.6. The molecule has 1 aromatic carbocycles. The zero-order valence-corrected chi connectivity index (χ0v) is 16.8. The lowest BCUT2D eigenvalue weighted by molar-refractivity contribution is 0.0743. The summed E-state index contributed by atoms with van der Waals surface area (Å²) in [4.78, 5) is 17.7. The normalized spacial score (nSPS) is 12.8. The quantitative estimate of drug-likeness (QED) is 0.330. The van der Waals surface area contributed by atoms with E-state index in [0.717, 1.165) is 6.42 Å². The van der Waals surface area contributed by atoms with E-state index in [0.29, 0.717) is 41.0 Å². The summed E-state index contributed by atoms with van der Waals surface area (Å²) in [5.74, 6) is 1.04. The Kier molecular flexibility index (Phi) is 6.28. The summed E-state index contributed by atoms with van der Waals surface area (Å²) in [6.07, 6.45) is 0.908. The van der Waals surface area contributed by atoms with E-state index in [1.807, 2.05) is 45.0 Å². The number of thioether (sulfide) groups is 1. The van der Waals surface area contributed by atoms with Gasteiger partial charge in [-0.2, -0.15) is 0 Å². The monoisotopic (exact) mass is 388 g/mol. The highest BCUT2D eigenvalue weighted by Crippen LogP contribution is 2.33. The van der Waals surface area contributed by atoms with Crippen LogP contribution in [-0.2, 0) is 11.3 Å². The van der Waals surface area contributed by atoms with E-state index in [4.69, 9.17) is 14.1 Å². The first-order chi connectivity index (χ1) is 13.0. The molecule has 3 rings (SSSR count). The number of aromatic nitrogens is 4. The van der Waals surface area contributed by atoms with Gasteiger partial charge in [0, 0.05) is 20.1 Å². The number of para-hydroxylation sites is 1. The second kappa shape index (κ2) is 8.67. The topological polar surface area (TPSA) is 83.0 Å². The summed E-state index contributed by atoms with van der Waals surface area (Å²) < 4.78 is 12.8. The van der Waals surface area contributed by atoms with Gasteiger partial charge in [0.2, 0.25) is 11.8 Å². The van der Waals surface area contributed by atoms with Crippen molar-refractivity contribution in [3.05, 3.63) is 46.4 Å². The Morgan fingerprint density at radius 1 is 1.22 bits per heavy atom. The fraction of sp³-hybridized carbons (Fsp3) is 0.474. The average molecular weight is 388 g/mol. The maximum Gasteiger partial charge on any atom is 0.262 e. The molecule has 0 saturated heterocycles. The van der Waals surface area contributed by atoms with Gasteiger partial charge in [0.05, 0.1) is 22.3 Å². The summed E-state index contributed by atoms with van der Waals surface area (Å²) in [7, 11) is 0. The van der Waals surface area contributed by atoms with Gasteiger partial charge in [-0.3, -0.25) is 9.36 Å². The number of nitrogens with zero attached hydrogens (tertiary/aromatic N) is 4. The average Bonchev–Trinajstić information content (AvgIpc) is 3.07. The molecular weight excluding hydrogens is 364 g/mol. The van der Waals surface area contributed by atoms with E-state index in [1.54, 1.807) is 11.5 Å². The molecule has 0 radical (unpaired) electrons. The van der Waals surface area contributed by atoms with Gasteiger partial charge in [-0.15, -0.1) is 10.2 Å². The van der Waals surface area contributed by atoms with Crippen LogP contribution in [0.5, 0.6) is 0 Å². The molecule has 8 heteroatoms. The number of benzene rings is 1. The Labute approximate surface area is 162 Å². The molecular formula is C19H24N4O3S. The number of hydrogen-bond acceptors (Lipinski definition) is 7. The van der Waals surface area contributed by atoms with E-state index in [1.165, 1.54) is 11.8 Å². The van der Waals surface area contributed by atoms with Gasteiger partial charge in [-0.25, -0.2) is 4.98 Å². The fourth-order valence-corrected chi connectivity index (χ4v) is 3.63. The van der Waals surface area contributed by atoms with E-state index in [9.17, 15) is 4.79 Å². The Balaban J connectivity index is 1.91. The van der Waals surface area contributed by atoms with Gasteiger partial charge >= 0.3 is 0 Å². The number of ether oxygens (including phenoxy) is 1. The maximum absolute atomic E-state index is 13.0. The predicted octanol–water partition coefficient (Wildman–Crippen LogP) is 3.76. The minimum atomic E-state index is -0.113. The second-order valence-electron chi connectivity index (χ2n) is 6.56. The van der Waals surface area contributed by atoms with Gasteiger partial charge in [0.15, 0.2) is 5.16 Å². The molecule has 0 saturated carbocycles. The Bertz CT molecular complexity index is 967. The minimum absolute atomic E-state index is 0.0402. The summed E-state index contributed by atoms with van der Waals surface area (Å²) in [6.45, 7) is 8.86. The van der Waals surface area contributed by atoms with Gasteiger partial charge < -0.3 is 9.15 Å². The van der Waals surface area contributed by atoms with Gasteiger partial charge in [-0.1, -0.05) is 23.9 Å². The Morgan fingerprint density at radius 2 is 2.00 bits per heavy atom. The Hall–Kier alpha value is -2.19.